The molecule has 0 atom stereocenters. The summed E-state index contributed by atoms with van der Waals surface area (Å²) in [6.07, 6.45) is 0. The van der Waals surface area contributed by atoms with E-state index in [0.717, 1.165) is 0 Å². The molecule has 0 fully saturated rings. The van der Waals surface area contributed by atoms with Gasteiger partial charge in [0.2, 0.25) is 11.8 Å². The van der Waals surface area contributed by atoms with Crippen LogP contribution < -0.4 is 15.5 Å². The SMILES string of the molecule is CC(=O)Nc1c(I)c(C(=O)NCCS(=O)(=O)O)c(I)c(N(C)C(C)=O)c1I. The van der Waals surface area contributed by atoms with Crippen LogP contribution in [-0.2, 0) is 19.7 Å². The third kappa shape index (κ3) is 6.64. The van der Waals surface area contributed by atoms with Gasteiger partial charge in [0.05, 0.1) is 33.4 Å². The molecule has 1 rings (SSSR count). The average Bonchev–Trinajstić information content (AvgIpc) is 2.49. The van der Waals surface area contributed by atoms with Gasteiger partial charge in [0.1, 0.15) is 0 Å². The third-order valence-corrected chi connectivity index (χ3v) is 7.17. The second kappa shape index (κ2) is 9.97. The van der Waals surface area contributed by atoms with Gasteiger partial charge in [-0.25, -0.2) is 0 Å². The van der Waals surface area contributed by atoms with Crippen molar-refractivity contribution in [3.8, 4) is 0 Å². The zero-order valence-electron chi connectivity index (χ0n) is 14.4. The Balaban J connectivity index is 3.53. The maximum atomic E-state index is 12.7. The van der Waals surface area contributed by atoms with Gasteiger partial charge < -0.3 is 15.5 Å². The summed E-state index contributed by atoms with van der Waals surface area (Å²) in [5.41, 5.74) is 1.03. The summed E-state index contributed by atoms with van der Waals surface area (Å²) in [5.74, 6) is -1.83. The number of benzene rings is 1. The molecule has 13 heteroatoms. The zero-order chi connectivity index (χ0) is 21.1. The molecular formula is C14H16I3N3O6S. The van der Waals surface area contributed by atoms with Crippen LogP contribution in [0.5, 0.6) is 0 Å². The van der Waals surface area contributed by atoms with Crippen molar-refractivity contribution in [3.05, 3.63) is 16.3 Å². The van der Waals surface area contributed by atoms with E-state index < -0.39 is 21.8 Å². The molecule has 0 unspecified atom stereocenters. The Hall–Kier alpha value is -0.270. The van der Waals surface area contributed by atoms with E-state index in [1.165, 1.54) is 18.7 Å². The normalized spacial score (nSPS) is 11.1. The van der Waals surface area contributed by atoms with E-state index in [2.05, 4.69) is 10.6 Å². The van der Waals surface area contributed by atoms with Crippen molar-refractivity contribution in [2.75, 3.05) is 29.6 Å². The molecule has 0 bridgehead atoms. The minimum atomic E-state index is -4.22. The number of carbonyl (C=O) groups excluding carboxylic acids is 3. The Bertz CT molecular complexity index is 904. The zero-order valence-corrected chi connectivity index (χ0v) is 21.7. The molecule has 3 amide bonds. The molecule has 0 aliphatic carbocycles. The fraction of sp³-hybridized carbons (Fsp3) is 0.357. The van der Waals surface area contributed by atoms with Crippen molar-refractivity contribution in [3.63, 3.8) is 0 Å². The minimum absolute atomic E-state index is 0.193. The highest BCUT2D eigenvalue weighted by atomic mass is 127. The Kier molecular flexibility index (Phi) is 9.14. The van der Waals surface area contributed by atoms with E-state index in [4.69, 9.17) is 4.55 Å². The first-order chi connectivity index (χ1) is 12.3. The molecule has 0 aliphatic heterocycles. The fourth-order valence-electron chi connectivity index (χ4n) is 1.97. The molecule has 0 saturated heterocycles. The Morgan fingerprint density at radius 1 is 1.07 bits per heavy atom. The number of carbonyl (C=O) groups is 3. The van der Waals surface area contributed by atoms with Crippen molar-refractivity contribution in [2.24, 2.45) is 0 Å². The number of amides is 3. The topological polar surface area (TPSA) is 133 Å². The molecule has 27 heavy (non-hydrogen) atoms. The third-order valence-electron chi connectivity index (χ3n) is 3.28. The molecular weight excluding hydrogens is 719 g/mol. The van der Waals surface area contributed by atoms with Crippen LogP contribution in [0.25, 0.3) is 0 Å². The fourth-order valence-corrected chi connectivity index (χ4v) is 6.98. The van der Waals surface area contributed by atoms with E-state index >= 15 is 0 Å². The van der Waals surface area contributed by atoms with Gasteiger partial charge in [-0.1, -0.05) is 0 Å². The lowest BCUT2D eigenvalue weighted by molar-refractivity contribution is -0.116. The van der Waals surface area contributed by atoms with Gasteiger partial charge in [-0.15, -0.1) is 0 Å². The molecule has 0 aliphatic rings. The van der Waals surface area contributed by atoms with Crippen LogP contribution in [0.1, 0.15) is 24.2 Å². The van der Waals surface area contributed by atoms with Crippen molar-refractivity contribution < 1.29 is 27.4 Å². The quantitative estimate of drug-likeness (QED) is 0.303. The Morgan fingerprint density at radius 2 is 1.63 bits per heavy atom. The maximum Gasteiger partial charge on any atom is 0.266 e. The van der Waals surface area contributed by atoms with Gasteiger partial charge in [-0.2, -0.15) is 8.42 Å². The van der Waals surface area contributed by atoms with E-state index in [1.54, 1.807) is 7.05 Å². The van der Waals surface area contributed by atoms with Crippen LogP contribution >= 0.6 is 67.8 Å². The lowest BCUT2D eigenvalue weighted by atomic mass is 10.1. The van der Waals surface area contributed by atoms with Crippen LogP contribution in [-0.4, -0.2) is 50.0 Å². The van der Waals surface area contributed by atoms with E-state index in [9.17, 15) is 22.8 Å². The first-order valence-corrected chi connectivity index (χ1v) is 12.1. The highest BCUT2D eigenvalue weighted by molar-refractivity contribution is 14.1. The average molecular weight is 735 g/mol. The van der Waals surface area contributed by atoms with E-state index in [1.807, 2.05) is 67.8 Å². The van der Waals surface area contributed by atoms with E-state index in [-0.39, 0.29) is 23.9 Å². The van der Waals surface area contributed by atoms with Gasteiger partial charge >= 0.3 is 0 Å². The second-order valence-corrected chi connectivity index (χ2v) is 10.2. The molecule has 150 valence electrons. The summed E-state index contributed by atoms with van der Waals surface area (Å²) in [6.45, 7) is 2.40. The molecule has 0 radical (unpaired) electrons. The predicted molar refractivity (Wildman–Crippen MR) is 127 cm³/mol. The number of halogens is 3. The molecule has 0 aromatic heterocycles. The maximum absolute atomic E-state index is 12.7. The number of anilines is 2. The second-order valence-electron chi connectivity index (χ2n) is 5.34. The Morgan fingerprint density at radius 3 is 2.07 bits per heavy atom. The predicted octanol–water partition coefficient (Wildman–Crippen LogP) is 2.06. The summed E-state index contributed by atoms with van der Waals surface area (Å²) < 4.78 is 32.0. The van der Waals surface area contributed by atoms with Gasteiger partial charge in [0.25, 0.3) is 16.0 Å². The van der Waals surface area contributed by atoms with Crippen LogP contribution in [0.15, 0.2) is 0 Å². The summed E-state index contributed by atoms with van der Waals surface area (Å²) >= 11 is 5.83. The van der Waals surface area contributed by atoms with Gasteiger partial charge in [0, 0.05) is 27.4 Å². The lowest BCUT2D eigenvalue weighted by Crippen LogP contribution is -2.32. The molecule has 0 spiro atoms. The number of nitrogens with zero attached hydrogens (tertiary/aromatic N) is 1. The smallest absolute Gasteiger partial charge is 0.266 e. The monoisotopic (exact) mass is 735 g/mol. The first-order valence-electron chi connectivity index (χ1n) is 7.23. The number of hydrogen-bond acceptors (Lipinski definition) is 5. The molecule has 1 aromatic rings. The molecule has 1 aromatic carbocycles. The van der Waals surface area contributed by atoms with Gasteiger partial charge in [-0.05, 0) is 67.8 Å². The molecule has 0 saturated carbocycles. The van der Waals surface area contributed by atoms with Gasteiger partial charge in [0.15, 0.2) is 0 Å². The highest BCUT2D eigenvalue weighted by Gasteiger charge is 2.27. The van der Waals surface area contributed by atoms with Crippen LogP contribution in [0.2, 0.25) is 0 Å². The van der Waals surface area contributed by atoms with Crippen molar-refractivity contribution in [2.45, 2.75) is 13.8 Å². The molecule has 0 heterocycles. The van der Waals surface area contributed by atoms with Crippen LogP contribution in [0, 0.1) is 10.7 Å². The van der Waals surface area contributed by atoms with Gasteiger partial charge in [-0.3, -0.25) is 18.9 Å². The first kappa shape index (κ1) is 24.8. The van der Waals surface area contributed by atoms with E-state index in [0.29, 0.717) is 22.1 Å². The number of nitrogens with one attached hydrogen (secondary N) is 2. The van der Waals surface area contributed by atoms with Crippen molar-refractivity contribution >= 4 is 107 Å². The summed E-state index contributed by atoms with van der Waals surface area (Å²) in [4.78, 5) is 37.5. The minimum Gasteiger partial charge on any atom is -0.351 e. The largest absolute Gasteiger partial charge is 0.351 e. The lowest BCUT2D eigenvalue weighted by Gasteiger charge is -2.24. The van der Waals surface area contributed by atoms with Crippen LogP contribution in [0.4, 0.5) is 11.4 Å². The number of hydrogen-bond donors (Lipinski definition) is 3. The highest BCUT2D eigenvalue weighted by Crippen LogP contribution is 2.40. The molecule has 3 N–H and O–H groups in total. The van der Waals surface area contributed by atoms with Crippen molar-refractivity contribution in [1.29, 1.82) is 0 Å². The van der Waals surface area contributed by atoms with Crippen LogP contribution in [0.3, 0.4) is 0 Å². The standard InChI is InChI=1S/C14H16I3N3O6S/c1-6(21)19-12-9(15)8(14(23)18-4-5-27(24,25)26)10(16)13(11(12)17)20(3)7(2)22/h4-5H2,1-3H3,(H,18,23)(H,19,21)(H,24,25,26). The summed E-state index contributed by atoms with van der Waals surface area (Å²) in [7, 11) is -2.67. The van der Waals surface area contributed by atoms with Crippen molar-refractivity contribution in [1.82, 2.24) is 5.32 Å². The number of rotatable bonds is 6. The molecule has 9 nitrogen and oxygen atoms in total. The summed E-state index contributed by atoms with van der Waals surface area (Å²) in [6, 6.07) is 0. The summed E-state index contributed by atoms with van der Waals surface area (Å²) in [5, 5.41) is 5.09. The Labute approximate surface area is 197 Å².